The molecule has 0 bridgehead atoms. The Balaban J connectivity index is 1.91. The van der Waals surface area contributed by atoms with Crippen LogP contribution in [0.4, 0.5) is 0 Å². The van der Waals surface area contributed by atoms with Gasteiger partial charge in [0.05, 0.1) is 6.10 Å². The summed E-state index contributed by atoms with van der Waals surface area (Å²) in [4.78, 5) is 4.58. The minimum atomic E-state index is -0.326. The highest BCUT2D eigenvalue weighted by atomic mass is 32.1. The van der Waals surface area contributed by atoms with Crippen molar-refractivity contribution in [2.24, 2.45) is 0 Å². The van der Waals surface area contributed by atoms with Gasteiger partial charge in [-0.1, -0.05) is 6.92 Å². The zero-order valence-electron chi connectivity index (χ0n) is 13.6. The van der Waals surface area contributed by atoms with Gasteiger partial charge >= 0.3 is 0 Å². The Bertz CT molecular complexity index is 683. The Morgan fingerprint density at radius 2 is 2.17 bits per heavy atom. The molecule has 1 aliphatic heterocycles. The van der Waals surface area contributed by atoms with Gasteiger partial charge < -0.3 is 14.9 Å². The molecule has 2 N–H and O–H groups in total. The molecule has 0 saturated heterocycles. The predicted octanol–water partition coefficient (Wildman–Crippen LogP) is 3.39. The summed E-state index contributed by atoms with van der Waals surface area (Å²) in [5.41, 5.74) is 1.99. The van der Waals surface area contributed by atoms with E-state index in [4.69, 9.17) is 4.74 Å². The van der Waals surface area contributed by atoms with Crippen molar-refractivity contribution in [1.82, 2.24) is 4.90 Å². The maximum atomic E-state index is 10.4. The van der Waals surface area contributed by atoms with Crippen LogP contribution in [0, 0.1) is 6.92 Å². The fraction of sp³-hybridized carbons (Fsp3) is 0.444. The molecule has 0 radical (unpaired) electrons. The Kier molecular flexibility index (Phi) is 4.90. The van der Waals surface area contributed by atoms with Crippen LogP contribution < -0.4 is 4.74 Å². The number of nitrogens with zero attached hydrogens (tertiary/aromatic N) is 1. The van der Waals surface area contributed by atoms with Crippen molar-refractivity contribution in [1.29, 1.82) is 0 Å². The maximum absolute atomic E-state index is 10.4. The van der Waals surface area contributed by atoms with Gasteiger partial charge in [0, 0.05) is 35.0 Å². The van der Waals surface area contributed by atoms with Crippen LogP contribution in [-0.2, 0) is 6.54 Å². The maximum Gasteiger partial charge on any atom is 0.165 e. The van der Waals surface area contributed by atoms with Crippen molar-refractivity contribution in [3.05, 3.63) is 34.7 Å². The first kappa shape index (κ1) is 16.3. The largest absolute Gasteiger partial charge is 0.504 e. The van der Waals surface area contributed by atoms with Gasteiger partial charge in [0.15, 0.2) is 11.5 Å². The Morgan fingerprint density at radius 1 is 1.35 bits per heavy atom. The van der Waals surface area contributed by atoms with Crippen LogP contribution in [0.1, 0.15) is 23.8 Å². The van der Waals surface area contributed by atoms with Crippen LogP contribution in [0.15, 0.2) is 24.3 Å². The van der Waals surface area contributed by atoms with Crippen molar-refractivity contribution in [3.8, 4) is 21.9 Å². The van der Waals surface area contributed by atoms with Gasteiger partial charge in [0.25, 0.3) is 0 Å². The van der Waals surface area contributed by atoms with E-state index in [0.717, 1.165) is 29.0 Å². The molecule has 1 aromatic heterocycles. The van der Waals surface area contributed by atoms with E-state index in [0.29, 0.717) is 25.4 Å². The average molecular weight is 333 g/mol. The number of hydrogen-bond acceptors (Lipinski definition) is 5. The van der Waals surface area contributed by atoms with E-state index in [9.17, 15) is 10.2 Å². The number of phenols is 1. The van der Waals surface area contributed by atoms with E-state index in [1.165, 1.54) is 4.88 Å². The number of ether oxygens (including phenoxy) is 1. The molecule has 1 aromatic carbocycles. The summed E-state index contributed by atoms with van der Waals surface area (Å²) in [6, 6.07) is 8.04. The number of rotatable bonds is 4. The van der Waals surface area contributed by atoms with Crippen molar-refractivity contribution in [3.63, 3.8) is 0 Å². The molecular weight excluding hydrogens is 310 g/mol. The number of phenolic OH excluding ortho intramolecular Hbond substituents is 1. The van der Waals surface area contributed by atoms with Crippen molar-refractivity contribution >= 4 is 11.3 Å². The third kappa shape index (κ3) is 3.68. The van der Waals surface area contributed by atoms with E-state index in [-0.39, 0.29) is 11.9 Å². The normalized spacial score (nSPS) is 16.5. The summed E-state index contributed by atoms with van der Waals surface area (Å²) in [7, 11) is 0. The number of β-amino-alcohol motifs (C(OH)–C–C–N with tert-alkyl or cyclic N) is 1. The average Bonchev–Trinajstić information content (AvgIpc) is 2.85. The SMILES string of the molecule is CC[C@@H](O)CN1CCOc2c(O)cc(-c3ccc(C)s3)cc2C1. The standard InChI is InChI=1S/C18H23NO3S/c1-3-15(20)11-19-6-7-22-18-14(10-19)8-13(9-16(18)21)17-5-4-12(2)23-17/h4-5,8-9,15,20-21H,3,6-7,10-11H2,1-2H3/t15-/m1/s1. The number of fused-ring (bicyclic) bond motifs is 1. The van der Waals surface area contributed by atoms with E-state index in [2.05, 4.69) is 30.0 Å². The highest BCUT2D eigenvalue weighted by Crippen LogP contribution is 2.39. The first-order valence-corrected chi connectivity index (χ1v) is 8.84. The minimum absolute atomic E-state index is 0.196. The molecule has 124 valence electrons. The summed E-state index contributed by atoms with van der Waals surface area (Å²) < 4.78 is 5.75. The molecule has 0 spiro atoms. The second kappa shape index (κ2) is 6.91. The quantitative estimate of drug-likeness (QED) is 0.900. The molecule has 0 fully saturated rings. The first-order valence-electron chi connectivity index (χ1n) is 8.02. The zero-order valence-corrected chi connectivity index (χ0v) is 14.4. The fourth-order valence-corrected chi connectivity index (χ4v) is 3.72. The van der Waals surface area contributed by atoms with Gasteiger partial charge in [0.2, 0.25) is 0 Å². The smallest absolute Gasteiger partial charge is 0.165 e. The summed E-state index contributed by atoms with van der Waals surface area (Å²) in [5, 5.41) is 20.3. The van der Waals surface area contributed by atoms with E-state index >= 15 is 0 Å². The van der Waals surface area contributed by atoms with Crippen molar-refractivity contribution in [2.45, 2.75) is 32.9 Å². The number of thiophene rings is 1. The van der Waals surface area contributed by atoms with Gasteiger partial charge in [-0.15, -0.1) is 11.3 Å². The molecule has 0 aliphatic carbocycles. The number of aryl methyl sites for hydroxylation is 1. The number of benzene rings is 1. The van der Waals surface area contributed by atoms with Gasteiger partial charge in [-0.25, -0.2) is 0 Å². The number of aromatic hydroxyl groups is 1. The first-order chi connectivity index (χ1) is 11.1. The second-order valence-corrected chi connectivity index (χ2v) is 7.33. The third-order valence-electron chi connectivity index (χ3n) is 4.16. The zero-order chi connectivity index (χ0) is 16.4. The minimum Gasteiger partial charge on any atom is -0.504 e. The summed E-state index contributed by atoms with van der Waals surface area (Å²) >= 11 is 1.71. The Hall–Kier alpha value is -1.56. The monoisotopic (exact) mass is 333 g/mol. The molecule has 0 saturated carbocycles. The molecule has 0 amide bonds. The number of aliphatic hydroxyl groups excluding tert-OH is 1. The van der Waals surface area contributed by atoms with Crippen LogP contribution in [0.3, 0.4) is 0 Å². The van der Waals surface area contributed by atoms with Gasteiger partial charge in [-0.3, -0.25) is 4.90 Å². The molecule has 0 unspecified atom stereocenters. The number of hydrogen-bond donors (Lipinski definition) is 2. The molecule has 1 aliphatic rings. The molecule has 2 heterocycles. The molecule has 1 atom stereocenters. The van der Waals surface area contributed by atoms with E-state index in [1.54, 1.807) is 17.4 Å². The topological polar surface area (TPSA) is 52.9 Å². The predicted molar refractivity (Wildman–Crippen MR) is 93.2 cm³/mol. The lowest BCUT2D eigenvalue weighted by atomic mass is 10.1. The van der Waals surface area contributed by atoms with Crippen LogP contribution in [0.2, 0.25) is 0 Å². The molecule has 2 aromatic rings. The summed E-state index contributed by atoms with van der Waals surface area (Å²) in [6.45, 7) is 6.64. The van der Waals surface area contributed by atoms with Gasteiger partial charge in [0.1, 0.15) is 6.61 Å². The summed E-state index contributed by atoms with van der Waals surface area (Å²) in [6.07, 6.45) is 0.414. The number of aliphatic hydroxyl groups is 1. The Morgan fingerprint density at radius 3 is 2.87 bits per heavy atom. The third-order valence-corrected chi connectivity index (χ3v) is 5.21. The second-order valence-electron chi connectivity index (χ2n) is 6.04. The van der Waals surface area contributed by atoms with Crippen LogP contribution in [0.25, 0.3) is 10.4 Å². The van der Waals surface area contributed by atoms with Crippen molar-refractivity contribution in [2.75, 3.05) is 19.7 Å². The van der Waals surface area contributed by atoms with Crippen LogP contribution >= 0.6 is 11.3 Å². The highest BCUT2D eigenvalue weighted by molar-refractivity contribution is 7.15. The van der Waals surface area contributed by atoms with E-state index in [1.807, 2.05) is 6.92 Å². The van der Waals surface area contributed by atoms with Crippen molar-refractivity contribution < 1.29 is 14.9 Å². The summed E-state index contributed by atoms with van der Waals surface area (Å²) in [5.74, 6) is 0.775. The molecule has 3 rings (SSSR count). The van der Waals surface area contributed by atoms with Gasteiger partial charge in [-0.05, 0) is 43.2 Å². The van der Waals surface area contributed by atoms with Crippen LogP contribution in [-0.4, -0.2) is 40.9 Å². The molecule has 23 heavy (non-hydrogen) atoms. The van der Waals surface area contributed by atoms with Gasteiger partial charge in [-0.2, -0.15) is 0 Å². The lowest BCUT2D eigenvalue weighted by Crippen LogP contribution is -2.33. The Labute approximate surface area is 141 Å². The van der Waals surface area contributed by atoms with Crippen LogP contribution in [0.5, 0.6) is 11.5 Å². The lowest BCUT2D eigenvalue weighted by Gasteiger charge is -2.22. The molecule has 5 heteroatoms. The highest BCUT2D eigenvalue weighted by Gasteiger charge is 2.21. The van der Waals surface area contributed by atoms with E-state index < -0.39 is 0 Å². The fourth-order valence-electron chi connectivity index (χ4n) is 2.87. The lowest BCUT2D eigenvalue weighted by molar-refractivity contribution is 0.101. The molecular formula is C18H23NO3S. The molecule has 4 nitrogen and oxygen atoms in total.